The quantitative estimate of drug-likeness (QED) is 0.507. The average molecular weight is 145 g/mol. The Morgan fingerprint density at radius 2 is 1.50 bits per heavy atom. The second-order valence-corrected chi connectivity index (χ2v) is 1.59. The minimum atomic E-state index is -1.28. The van der Waals surface area contributed by atoms with Gasteiger partial charge in [-0.25, -0.2) is 0 Å². The van der Waals surface area contributed by atoms with E-state index in [1.807, 2.05) is 0 Å². The fourth-order valence-corrected chi connectivity index (χ4v) is 0.351. The maximum Gasteiger partial charge on any atom is 0.699 e. The van der Waals surface area contributed by atoms with E-state index in [4.69, 9.17) is 5.64 Å². The molecule has 10 heavy (non-hydrogen) atoms. The SMILES string of the molecule is CC(=O)OB(N)OC(C)=O. The molecule has 0 radical (unpaired) electrons. The van der Waals surface area contributed by atoms with Crippen molar-refractivity contribution < 1.29 is 18.9 Å². The summed E-state index contributed by atoms with van der Waals surface area (Å²) in [4.78, 5) is 20.3. The van der Waals surface area contributed by atoms with Crippen molar-refractivity contribution in [3.05, 3.63) is 0 Å². The minimum absolute atomic E-state index is 0.589. The van der Waals surface area contributed by atoms with E-state index in [2.05, 4.69) is 9.31 Å². The van der Waals surface area contributed by atoms with Crippen LogP contribution in [-0.4, -0.2) is 19.2 Å². The van der Waals surface area contributed by atoms with Gasteiger partial charge in [-0.3, -0.25) is 15.2 Å². The van der Waals surface area contributed by atoms with Crippen LogP contribution in [0.2, 0.25) is 0 Å². The standard InChI is InChI=1S/C4H8BNO4/c1-3(7)9-5(6)10-4(2)8/h6H2,1-2H3. The molecule has 5 nitrogen and oxygen atoms in total. The number of nitrogens with two attached hydrogens (primary N) is 1. The van der Waals surface area contributed by atoms with Gasteiger partial charge in [0.05, 0.1) is 0 Å². The van der Waals surface area contributed by atoms with Crippen LogP contribution in [0.5, 0.6) is 0 Å². The molecule has 0 bridgehead atoms. The van der Waals surface area contributed by atoms with Crippen LogP contribution in [0, 0.1) is 0 Å². The third-order valence-corrected chi connectivity index (χ3v) is 0.564. The fraction of sp³-hybridized carbons (Fsp3) is 0.500. The Hall–Kier alpha value is -1.04. The zero-order valence-corrected chi connectivity index (χ0v) is 5.79. The predicted octanol–water partition coefficient (Wildman–Crippen LogP) is -0.944. The van der Waals surface area contributed by atoms with Crippen LogP contribution < -0.4 is 5.64 Å². The van der Waals surface area contributed by atoms with Crippen LogP contribution >= 0.6 is 0 Å². The third-order valence-electron chi connectivity index (χ3n) is 0.564. The summed E-state index contributed by atoms with van der Waals surface area (Å²) in [6.45, 7) is 2.34. The highest BCUT2D eigenvalue weighted by Crippen LogP contribution is 1.82. The van der Waals surface area contributed by atoms with Crippen molar-refractivity contribution >= 4 is 19.2 Å². The number of carbonyl (C=O) groups excluding carboxylic acids is 2. The Bertz CT molecular complexity index is 132. The van der Waals surface area contributed by atoms with Crippen molar-refractivity contribution in [2.45, 2.75) is 13.8 Å². The fourth-order valence-electron chi connectivity index (χ4n) is 0.351. The second kappa shape index (κ2) is 3.89. The van der Waals surface area contributed by atoms with Gasteiger partial charge in [-0.15, -0.1) is 0 Å². The molecule has 0 aliphatic carbocycles. The van der Waals surface area contributed by atoms with E-state index in [0.717, 1.165) is 0 Å². The first-order valence-electron chi connectivity index (χ1n) is 2.62. The van der Waals surface area contributed by atoms with Crippen LogP contribution in [-0.2, 0) is 18.9 Å². The summed E-state index contributed by atoms with van der Waals surface area (Å²) in [7, 11) is -1.28. The highest BCUT2D eigenvalue weighted by atomic mass is 16.6. The van der Waals surface area contributed by atoms with Gasteiger partial charge >= 0.3 is 7.25 Å². The zero-order chi connectivity index (χ0) is 8.15. The van der Waals surface area contributed by atoms with Crippen molar-refractivity contribution in [3.63, 3.8) is 0 Å². The van der Waals surface area contributed by atoms with E-state index >= 15 is 0 Å². The van der Waals surface area contributed by atoms with Gasteiger partial charge < -0.3 is 9.31 Å². The lowest BCUT2D eigenvalue weighted by Gasteiger charge is -2.04. The molecule has 0 aliphatic heterocycles. The van der Waals surface area contributed by atoms with Gasteiger partial charge in [-0.2, -0.15) is 0 Å². The summed E-state index contributed by atoms with van der Waals surface area (Å²) in [5.74, 6) is -1.18. The van der Waals surface area contributed by atoms with E-state index < -0.39 is 19.2 Å². The maximum absolute atomic E-state index is 10.1. The zero-order valence-electron chi connectivity index (χ0n) is 5.79. The highest BCUT2D eigenvalue weighted by Gasteiger charge is 2.19. The molecule has 0 rings (SSSR count). The molecule has 0 atom stereocenters. The molecule has 0 heterocycles. The van der Waals surface area contributed by atoms with Gasteiger partial charge in [0.1, 0.15) is 0 Å². The van der Waals surface area contributed by atoms with Gasteiger partial charge in [0, 0.05) is 13.8 Å². The first-order chi connectivity index (χ1) is 4.52. The molecule has 0 unspecified atom stereocenters. The average Bonchev–Trinajstić information content (AvgIpc) is 1.58. The van der Waals surface area contributed by atoms with Crippen molar-refractivity contribution in [2.75, 3.05) is 0 Å². The first kappa shape index (κ1) is 8.96. The largest absolute Gasteiger partial charge is 0.699 e. The number of rotatable bonds is 2. The lowest BCUT2D eigenvalue weighted by atomic mass is 10.2. The summed E-state index contributed by atoms with van der Waals surface area (Å²) in [5, 5.41) is 0. The Balaban J connectivity index is 3.53. The van der Waals surface area contributed by atoms with Gasteiger partial charge in [-0.1, -0.05) is 0 Å². The molecule has 0 saturated heterocycles. The predicted molar refractivity (Wildman–Crippen MR) is 33.5 cm³/mol. The molecule has 6 heteroatoms. The summed E-state index contributed by atoms with van der Waals surface area (Å²) in [6.07, 6.45) is 0. The summed E-state index contributed by atoms with van der Waals surface area (Å²) in [6, 6.07) is 0. The normalized spacial score (nSPS) is 8.30. The van der Waals surface area contributed by atoms with E-state index in [-0.39, 0.29) is 0 Å². The topological polar surface area (TPSA) is 78.6 Å². The van der Waals surface area contributed by atoms with E-state index in [1.165, 1.54) is 13.8 Å². The van der Waals surface area contributed by atoms with Crippen molar-refractivity contribution in [2.24, 2.45) is 5.64 Å². The Kier molecular flexibility index (Phi) is 3.49. The maximum atomic E-state index is 10.1. The molecular formula is C4H8BNO4. The molecular weight excluding hydrogens is 137 g/mol. The van der Waals surface area contributed by atoms with Crippen molar-refractivity contribution in [3.8, 4) is 0 Å². The lowest BCUT2D eigenvalue weighted by molar-refractivity contribution is -0.137. The Morgan fingerprint density at radius 1 is 1.20 bits per heavy atom. The third kappa shape index (κ3) is 5.11. The molecule has 0 aliphatic rings. The summed E-state index contributed by atoms with van der Waals surface area (Å²) in [5.41, 5.74) is 4.99. The molecule has 2 N–H and O–H groups in total. The number of hydrogen-bond donors (Lipinski definition) is 1. The lowest BCUT2D eigenvalue weighted by Crippen LogP contribution is -2.36. The molecule has 0 aromatic carbocycles. The van der Waals surface area contributed by atoms with Gasteiger partial charge in [0.25, 0.3) is 11.9 Å². The van der Waals surface area contributed by atoms with E-state index in [9.17, 15) is 9.59 Å². The second-order valence-electron chi connectivity index (χ2n) is 1.59. The molecule has 0 saturated carbocycles. The van der Waals surface area contributed by atoms with E-state index in [0.29, 0.717) is 0 Å². The molecule has 0 spiro atoms. The van der Waals surface area contributed by atoms with Crippen LogP contribution in [0.15, 0.2) is 0 Å². The Labute approximate surface area is 58.6 Å². The van der Waals surface area contributed by atoms with Crippen molar-refractivity contribution in [1.29, 1.82) is 0 Å². The number of hydrogen-bond acceptors (Lipinski definition) is 5. The molecule has 0 aromatic rings. The molecule has 0 amide bonds. The smallest absolute Gasteiger partial charge is 0.485 e. The van der Waals surface area contributed by atoms with Gasteiger partial charge in [-0.05, 0) is 0 Å². The van der Waals surface area contributed by atoms with Crippen LogP contribution in [0.25, 0.3) is 0 Å². The summed E-state index contributed by atoms with van der Waals surface area (Å²) < 4.78 is 8.51. The number of carbonyl (C=O) groups is 2. The van der Waals surface area contributed by atoms with Gasteiger partial charge in [0.2, 0.25) is 0 Å². The monoisotopic (exact) mass is 145 g/mol. The molecule has 0 fully saturated rings. The van der Waals surface area contributed by atoms with Gasteiger partial charge in [0.15, 0.2) is 0 Å². The van der Waals surface area contributed by atoms with Crippen LogP contribution in [0.1, 0.15) is 13.8 Å². The molecule has 0 aromatic heterocycles. The van der Waals surface area contributed by atoms with Crippen LogP contribution in [0.4, 0.5) is 0 Å². The minimum Gasteiger partial charge on any atom is -0.485 e. The highest BCUT2D eigenvalue weighted by molar-refractivity contribution is 6.44. The summed E-state index contributed by atoms with van der Waals surface area (Å²) >= 11 is 0. The molecule has 56 valence electrons. The van der Waals surface area contributed by atoms with Crippen LogP contribution in [0.3, 0.4) is 0 Å². The van der Waals surface area contributed by atoms with E-state index in [1.54, 1.807) is 0 Å². The first-order valence-corrected chi connectivity index (χ1v) is 2.62. The van der Waals surface area contributed by atoms with Crippen molar-refractivity contribution in [1.82, 2.24) is 0 Å². The Morgan fingerprint density at radius 3 is 1.70 bits per heavy atom.